The van der Waals surface area contributed by atoms with E-state index in [1.54, 1.807) is 0 Å². The van der Waals surface area contributed by atoms with Crippen LogP contribution in [-0.2, 0) is 4.79 Å². The predicted molar refractivity (Wildman–Crippen MR) is 73.4 cm³/mol. The highest BCUT2D eigenvalue weighted by Gasteiger charge is 2.21. The number of ketones is 1. The molecule has 1 aromatic rings. The molecule has 1 aliphatic carbocycles. The van der Waals surface area contributed by atoms with E-state index in [4.69, 9.17) is 0 Å². The van der Waals surface area contributed by atoms with Crippen molar-refractivity contribution in [2.75, 3.05) is 5.75 Å². The Morgan fingerprint density at radius 3 is 2.59 bits per heavy atom. The molecule has 0 aliphatic heterocycles. The molecule has 2 rings (SSSR count). The average Bonchev–Trinajstić information content (AvgIpc) is 2.89. The van der Waals surface area contributed by atoms with Crippen LogP contribution in [0.1, 0.15) is 38.5 Å². The number of rotatable bonds is 6. The Morgan fingerprint density at radius 2 is 1.88 bits per heavy atom. The number of thioether (sulfide) groups is 1. The SMILES string of the molecule is O=C(CCCSc1ccccc1)C1CCCC1. The van der Waals surface area contributed by atoms with Crippen molar-refractivity contribution in [1.29, 1.82) is 0 Å². The second-order valence-electron chi connectivity index (χ2n) is 4.71. The Kier molecular flexibility index (Phi) is 5.11. The molecule has 1 aliphatic rings. The van der Waals surface area contributed by atoms with Crippen molar-refractivity contribution in [3.63, 3.8) is 0 Å². The molecular weight excluding hydrogens is 228 g/mol. The Balaban J connectivity index is 1.61. The molecule has 1 aromatic carbocycles. The van der Waals surface area contributed by atoms with Crippen LogP contribution in [0.2, 0.25) is 0 Å². The Labute approximate surface area is 108 Å². The minimum atomic E-state index is 0.400. The molecule has 1 nitrogen and oxygen atoms in total. The Hall–Kier alpha value is -0.760. The fourth-order valence-corrected chi connectivity index (χ4v) is 3.28. The lowest BCUT2D eigenvalue weighted by Crippen LogP contribution is -2.10. The van der Waals surface area contributed by atoms with E-state index < -0.39 is 0 Å². The van der Waals surface area contributed by atoms with Crippen LogP contribution in [0.15, 0.2) is 35.2 Å². The molecule has 0 spiro atoms. The summed E-state index contributed by atoms with van der Waals surface area (Å²) in [6.07, 6.45) is 6.61. The average molecular weight is 248 g/mol. The molecule has 17 heavy (non-hydrogen) atoms. The maximum atomic E-state index is 11.8. The first-order valence-electron chi connectivity index (χ1n) is 6.57. The molecular formula is C15H20OS. The molecule has 0 N–H and O–H groups in total. The smallest absolute Gasteiger partial charge is 0.136 e. The molecule has 0 saturated heterocycles. The van der Waals surface area contributed by atoms with Crippen LogP contribution in [0.5, 0.6) is 0 Å². The van der Waals surface area contributed by atoms with E-state index in [0.717, 1.165) is 31.4 Å². The largest absolute Gasteiger partial charge is 0.299 e. The van der Waals surface area contributed by atoms with Gasteiger partial charge in [-0.05, 0) is 37.1 Å². The summed E-state index contributed by atoms with van der Waals surface area (Å²) in [4.78, 5) is 13.2. The lowest BCUT2D eigenvalue weighted by Gasteiger charge is -2.07. The highest BCUT2D eigenvalue weighted by molar-refractivity contribution is 7.99. The molecule has 0 unspecified atom stereocenters. The van der Waals surface area contributed by atoms with E-state index >= 15 is 0 Å². The third kappa shape index (κ3) is 4.19. The molecule has 0 amide bonds. The van der Waals surface area contributed by atoms with Gasteiger partial charge >= 0.3 is 0 Å². The zero-order chi connectivity index (χ0) is 11.9. The van der Waals surface area contributed by atoms with Gasteiger partial charge in [0, 0.05) is 17.2 Å². The summed E-state index contributed by atoms with van der Waals surface area (Å²) in [7, 11) is 0. The van der Waals surface area contributed by atoms with Crippen LogP contribution in [0.4, 0.5) is 0 Å². The molecule has 0 aromatic heterocycles. The monoisotopic (exact) mass is 248 g/mol. The van der Waals surface area contributed by atoms with E-state index in [1.165, 1.54) is 17.7 Å². The van der Waals surface area contributed by atoms with Crippen LogP contribution in [0.3, 0.4) is 0 Å². The molecule has 0 bridgehead atoms. The fourth-order valence-electron chi connectivity index (χ4n) is 2.41. The van der Waals surface area contributed by atoms with Gasteiger partial charge in [-0.2, -0.15) is 0 Å². The van der Waals surface area contributed by atoms with Gasteiger partial charge in [0.25, 0.3) is 0 Å². The van der Waals surface area contributed by atoms with Crippen LogP contribution < -0.4 is 0 Å². The Morgan fingerprint density at radius 1 is 1.18 bits per heavy atom. The molecule has 1 saturated carbocycles. The lowest BCUT2D eigenvalue weighted by atomic mass is 9.99. The maximum absolute atomic E-state index is 11.8. The van der Waals surface area contributed by atoms with Crippen molar-refractivity contribution in [2.45, 2.75) is 43.4 Å². The van der Waals surface area contributed by atoms with Crippen LogP contribution in [-0.4, -0.2) is 11.5 Å². The van der Waals surface area contributed by atoms with Gasteiger partial charge in [-0.3, -0.25) is 4.79 Å². The first-order chi connectivity index (χ1) is 8.36. The highest BCUT2D eigenvalue weighted by atomic mass is 32.2. The van der Waals surface area contributed by atoms with Gasteiger partial charge < -0.3 is 0 Å². The summed E-state index contributed by atoms with van der Waals surface area (Å²) in [5, 5.41) is 0. The number of hydrogen-bond donors (Lipinski definition) is 0. The number of Topliss-reactive ketones (excluding diaryl/α,β-unsaturated/α-hetero) is 1. The highest BCUT2D eigenvalue weighted by Crippen LogP contribution is 2.27. The van der Waals surface area contributed by atoms with Crippen molar-refractivity contribution in [2.24, 2.45) is 5.92 Å². The van der Waals surface area contributed by atoms with Crippen molar-refractivity contribution in [3.8, 4) is 0 Å². The van der Waals surface area contributed by atoms with E-state index in [0.29, 0.717) is 11.7 Å². The van der Waals surface area contributed by atoms with Gasteiger partial charge in [0.2, 0.25) is 0 Å². The third-order valence-corrected chi connectivity index (χ3v) is 4.49. The van der Waals surface area contributed by atoms with E-state index in [-0.39, 0.29) is 0 Å². The maximum Gasteiger partial charge on any atom is 0.136 e. The number of carbonyl (C=O) groups is 1. The fraction of sp³-hybridized carbons (Fsp3) is 0.533. The van der Waals surface area contributed by atoms with Crippen molar-refractivity contribution >= 4 is 17.5 Å². The lowest BCUT2D eigenvalue weighted by molar-refractivity contribution is -0.122. The van der Waals surface area contributed by atoms with Crippen LogP contribution in [0.25, 0.3) is 0 Å². The summed E-state index contributed by atoms with van der Waals surface area (Å²) in [6, 6.07) is 10.4. The van der Waals surface area contributed by atoms with E-state index in [2.05, 4.69) is 24.3 Å². The third-order valence-electron chi connectivity index (χ3n) is 3.39. The zero-order valence-electron chi connectivity index (χ0n) is 10.2. The number of benzene rings is 1. The summed E-state index contributed by atoms with van der Waals surface area (Å²) < 4.78 is 0. The van der Waals surface area contributed by atoms with Crippen molar-refractivity contribution < 1.29 is 4.79 Å². The summed E-state index contributed by atoms with van der Waals surface area (Å²) in [5.74, 6) is 1.97. The topological polar surface area (TPSA) is 17.1 Å². The quantitative estimate of drug-likeness (QED) is 0.551. The van der Waals surface area contributed by atoms with Gasteiger partial charge in [-0.1, -0.05) is 31.0 Å². The van der Waals surface area contributed by atoms with Crippen LogP contribution >= 0.6 is 11.8 Å². The van der Waals surface area contributed by atoms with Gasteiger partial charge in [-0.15, -0.1) is 11.8 Å². The molecule has 0 heterocycles. The Bertz CT molecular complexity index is 341. The second-order valence-corrected chi connectivity index (χ2v) is 5.88. The van der Waals surface area contributed by atoms with E-state index in [1.807, 2.05) is 17.8 Å². The minimum absolute atomic E-state index is 0.400. The summed E-state index contributed by atoms with van der Waals surface area (Å²) in [6.45, 7) is 0. The first-order valence-corrected chi connectivity index (χ1v) is 7.55. The minimum Gasteiger partial charge on any atom is -0.299 e. The van der Waals surface area contributed by atoms with Crippen molar-refractivity contribution in [1.82, 2.24) is 0 Å². The normalized spacial score (nSPS) is 16.2. The molecule has 0 atom stereocenters. The molecule has 1 fully saturated rings. The molecule has 2 heteroatoms. The summed E-state index contributed by atoms with van der Waals surface area (Å²) >= 11 is 1.85. The van der Waals surface area contributed by atoms with Crippen LogP contribution in [0, 0.1) is 5.92 Å². The zero-order valence-corrected chi connectivity index (χ0v) is 11.0. The second kappa shape index (κ2) is 6.85. The van der Waals surface area contributed by atoms with Crippen molar-refractivity contribution in [3.05, 3.63) is 30.3 Å². The van der Waals surface area contributed by atoms with Gasteiger partial charge in [0.15, 0.2) is 0 Å². The standard InChI is InChI=1S/C15H20OS/c16-15(13-7-4-5-8-13)11-6-12-17-14-9-2-1-3-10-14/h1-3,9-10,13H,4-8,11-12H2. The van der Waals surface area contributed by atoms with Gasteiger partial charge in [0.1, 0.15) is 5.78 Å². The number of carbonyl (C=O) groups excluding carboxylic acids is 1. The molecule has 0 radical (unpaired) electrons. The van der Waals surface area contributed by atoms with Gasteiger partial charge in [0.05, 0.1) is 0 Å². The first kappa shape index (κ1) is 12.7. The van der Waals surface area contributed by atoms with E-state index in [9.17, 15) is 4.79 Å². The molecule has 92 valence electrons. The summed E-state index contributed by atoms with van der Waals surface area (Å²) in [5.41, 5.74) is 0. The predicted octanol–water partition coefficient (Wildman–Crippen LogP) is 4.32. The van der Waals surface area contributed by atoms with Gasteiger partial charge in [-0.25, -0.2) is 0 Å². The number of hydrogen-bond acceptors (Lipinski definition) is 2.